The van der Waals surface area contributed by atoms with E-state index in [2.05, 4.69) is 9.97 Å². The van der Waals surface area contributed by atoms with Gasteiger partial charge < -0.3 is 0 Å². The molecule has 0 atom stereocenters. The molecule has 0 spiro atoms. The summed E-state index contributed by atoms with van der Waals surface area (Å²) < 4.78 is 2.31. The Bertz CT molecular complexity index is 1130. The Balaban J connectivity index is 2.69. The maximum atomic E-state index is 12.0. The van der Waals surface area contributed by atoms with E-state index in [-0.39, 0.29) is 11.0 Å². The van der Waals surface area contributed by atoms with Crippen LogP contribution < -0.4 is 22.5 Å². The summed E-state index contributed by atoms with van der Waals surface area (Å²) >= 11 is 0. The first-order valence-electron chi connectivity index (χ1n) is 5.74. The predicted octanol–water partition coefficient (Wildman–Crippen LogP) is -1.12. The first kappa shape index (κ1) is 10.7. The summed E-state index contributed by atoms with van der Waals surface area (Å²) in [5.41, 5.74) is -2.14. The number of aromatic nitrogens is 4. The molecule has 0 bridgehead atoms. The third kappa shape index (κ3) is 1.06. The summed E-state index contributed by atoms with van der Waals surface area (Å²) in [6.45, 7) is 0. The van der Waals surface area contributed by atoms with E-state index < -0.39 is 22.5 Å². The SMILES string of the molecule is O=c1[nH]c(=O)n2c3ccccc3n3c(=O)[nH]c(=O)c1c23. The van der Waals surface area contributed by atoms with Crippen LogP contribution in [0.25, 0.3) is 22.1 Å². The van der Waals surface area contributed by atoms with E-state index in [4.69, 9.17) is 0 Å². The number of nitrogens with one attached hydrogen (secondary N) is 2. The van der Waals surface area contributed by atoms with E-state index in [1.165, 1.54) is 0 Å². The molecule has 0 saturated carbocycles. The standard InChI is InChI=1S/C12H6N4O4/c17-8-7-9(18)14-12(20)16-6-4-2-1-3-5(6)15(10(7)16)11(19)13-8/h1-4H,(H,13,17,19)(H,14,18,20). The molecule has 98 valence electrons. The van der Waals surface area contributed by atoms with Crippen LogP contribution in [0.1, 0.15) is 0 Å². The number of rotatable bonds is 0. The van der Waals surface area contributed by atoms with Crippen LogP contribution in [0.5, 0.6) is 0 Å². The van der Waals surface area contributed by atoms with Crippen molar-refractivity contribution in [3.05, 3.63) is 65.9 Å². The maximum Gasteiger partial charge on any atom is 0.334 e. The lowest BCUT2D eigenvalue weighted by molar-refractivity contribution is 0.949. The van der Waals surface area contributed by atoms with Crippen molar-refractivity contribution in [3.8, 4) is 0 Å². The highest BCUT2D eigenvalue weighted by atomic mass is 16.2. The Morgan fingerprint density at radius 2 is 1.20 bits per heavy atom. The maximum absolute atomic E-state index is 12.0. The van der Waals surface area contributed by atoms with E-state index in [1.807, 2.05) is 0 Å². The molecule has 0 aliphatic carbocycles. The molecule has 0 amide bonds. The summed E-state index contributed by atoms with van der Waals surface area (Å²) in [6.07, 6.45) is 0. The smallest absolute Gasteiger partial charge is 0.273 e. The Kier molecular flexibility index (Phi) is 1.74. The molecular formula is C12H6N4O4. The van der Waals surface area contributed by atoms with Gasteiger partial charge in [0.05, 0.1) is 11.0 Å². The van der Waals surface area contributed by atoms with Gasteiger partial charge in [-0.3, -0.25) is 19.6 Å². The van der Waals surface area contributed by atoms with Crippen molar-refractivity contribution >= 4 is 22.1 Å². The quantitative estimate of drug-likeness (QED) is 0.422. The van der Waals surface area contributed by atoms with Gasteiger partial charge in [-0.05, 0) is 12.1 Å². The molecule has 0 fully saturated rings. The van der Waals surface area contributed by atoms with Crippen LogP contribution in [0.15, 0.2) is 43.4 Å². The van der Waals surface area contributed by atoms with Crippen LogP contribution in [0.2, 0.25) is 0 Å². The Morgan fingerprint density at radius 1 is 0.750 bits per heavy atom. The Morgan fingerprint density at radius 3 is 1.65 bits per heavy atom. The lowest BCUT2D eigenvalue weighted by Crippen LogP contribution is -2.34. The zero-order valence-corrected chi connectivity index (χ0v) is 9.84. The van der Waals surface area contributed by atoms with Crippen molar-refractivity contribution in [2.75, 3.05) is 0 Å². The monoisotopic (exact) mass is 270 g/mol. The molecule has 0 unspecified atom stereocenters. The van der Waals surface area contributed by atoms with E-state index in [0.29, 0.717) is 11.0 Å². The van der Waals surface area contributed by atoms with Crippen molar-refractivity contribution in [2.24, 2.45) is 0 Å². The van der Waals surface area contributed by atoms with E-state index in [0.717, 1.165) is 8.80 Å². The second kappa shape index (κ2) is 3.23. The number of nitrogens with zero attached hydrogens (tertiary/aromatic N) is 2. The number of fused-ring (bicyclic) bond motifs is 3. The molecule has 4 rings (SSSR count). The first-order chi connectivity index (χ1) is 9.59. The number of aromatic amines is 2. The molecule has 0 radical (unpaired) electrons. The lowest BCUT2D eigenvalue weighted by Gasteiger charge is -1.97. The van der Waals surface area contributed by atoms with Gasteiger partial charge in [0, 0.05) is 0 Å². The number of hydrogen-bond acceptors (Lipinski definition) is 4. The van der Waals surface area contributed by atoms with Gasteiger partial charge in [0.25, 0.3) is 11.1 Å². The second-order valence-corrected chi connectivity index (χ2v) is 4.38. The van der Waals surface area contributed by atoms with Gasteiger partial charge in [-0.25, -0.2) is 18.4 Å². The molecule has 20 heavy (non-hydrogen) atoms. The molecule has 3 heterocycles. The molecule has 3 aromatic heterocycles. The van der Waals surface area contributed by atoms with Gasteiger partial charge in [-0.2, -0.15) is 0 Å². The van der Waals surface area contributed by atoms with Crippen LogP contribution >= 0.6 is 0 Å². The zero-order chi connectivity index (χ0) is 14.0. The number of para-hydroxylation sites is 2. The fourth-order valence-corrected chi connectivity index (χ4v) is 2.54. The van der Waals surface area contributed by atoms with E-state index in [1.54, 1.807) is 24.3 Å². The van der Waals surface area contributed by atoms with Gasteiger partial charge >= 0.3 is 11.4 Å². The molecule has 0 aliphatic heterocycles. The predicted molar refractivity (Wildman–Crippen MR) is 70.8 cm³/mol. The average molecular weight is 270 g/mol. The van der Waals surface area contributed by atoms with Gasteiger partial charge in [0.15, 0.2) is 0 Å². The summed E-state index contributed by atoms with van der Waals surface area (Å²) in [6, 6.07) is 6.65. The lowest BCUT2D eigenvalue weighted by atomic mass is 10.3. The highest BCUT2D eigenvalue weighted by Gasteiger charge is 2.18. The molecule has 8 nitrogen and oxygen atoms in total. The summed E-state index contributed by atoms with van der Waals surface area (Å²) in [4.78, 5) is 51.8. The molecule has 0 aliphatic rings. The van der Waals surface area contributed by atoms with Gasteiger partial charge in [-0.15, -0.1) is 0 Å². The molecule has 0 saturated heterocycles. The van der Waals surface area contributed by atoms with Crippen molar-refractivity contribution in [1.29, 1.82) is 0 Å². The average Bonchev–Trinajstić information content (AvgIpc) is 2.73. The third-order valence-electron chi connectivity index (χ3n) is 3.31. The minimum Gasteiger partial charge on any atom is -0.273 e. The number of hydrogen-bond donors (Lipinski definition) is 2. The third-order valence-corrected chi connectivity index (χ3v) is 3.31. The first-order valence-corrected chi connectivity index (χ1v) is 5.74. The zero-order valence-electron chi connectivity index (χ0n) is 9.84. The molecular weight excluding hydrogens is 264 g/mol. The summed E-state index contributed by atoms with van der Waals surface area (Å²) in [5, 5.41) is -0.250. The van der Waals surface area contributed by atoms with Crippen molar-refractivity contribution in [1.82, 2.24) is 18.8 Å². The highest BCUT2D eigenvalue weighted by molar-refractivity contribution is 5.88. The summed E-state index contributed by atoms with van der Waals surface area (Å²) in [5.74, 6) is 0. The second-order valence-electron chi connectivity index (χ2n) is 4.38. The number of H-pyrrole nitrogens is 2. The summed E-state index contributed by atoms with van der Waals surface area (Å²) in [7, 11) is 0. The van der Waals surface area contributed by atoms with Crippen LogP contribution in [0.3, 0.4) is 0 Å². The minimum absolute atomic E-state index is 0.00583. The Labute approximate surface area is 107 Å². The topological polar surface area (TPSA) is 109 Å². The van der Waals surface area contributed by atoms with Crippen molar-refractivity contribution in [2.45, 2.75) is 0 Å². The minimum atomic E-state index is -0.816. The van der Waals surface area contributed by atoms with Gasteiger partial charge in [0.1, 0.15) is 11.0 Å². The van der Waals surface area contributed by atoms with Crippen LogP contribution in [0, 0.1) is 0 Å². The molecule has 2 N–H and O–H groups in total. The normalized spacial score (nSPS) is 11.8. The number of benzene rings is 1. The molecule has 1 aromatic carbocycles. The largest absolute Gasteiger partial charge is 0.334 e. The molecule has 4 aromatic rings. The van der Waals surface area contributed by atoms with Crippen molar-refractivity contribution in [3.63, 3.8) is 0 Å². The highest BCUT2D eigenvalue weighted by Crippen LogP contribution is 2.16. The van der Waals surface area contributed by atoms with Crippen molar-refractivity contribution < 1.29 is 0 Å². The van der Waals surface area contributed by atoms with Crippen LogP contribution in [-0.4, -0.2) is 18.8 Å². The van der Waals surface area contributed by atoms with E-state index in [9.17, 15) is 19.2 Å². The van der Waals surface area contributed by atoms with Gasteiger partial charge in [-0.1, -0.05) is 12.1 Å². The van der Waals surface area contributed by atoms with E-state index >= 15 is 0 Å². The Hall–Kier alpha value is -3.16. The van der Waals surface area contributed by atoms with Crippen LogP contribution in [-0.2, 0) is 0 Å². The fraction of sp³-hybridized carbons (Fsp3) is 0. The van der Waals surface area contributed by atoms with Crippen LogP contribution in [0.4, 0.5) is 0 Å². The number of imidazole rings is 1. The van der Waals surface area contributed by atoms with Gasteiger partial charge in [0.2, 0.25) is 0 Å². The fourth-order valence-electron chi connectivity index (χ4n) is 2.54. The molecule has 8 heteroatoms.